The predicted octanol–water partition coefficient (Wildman–Crippen LogP) is 12.6. The molecule has 0 fully saturated rings. The van der Waals surface area contributed by atoms with Gasteiger partial charge in [-0.25, -0.2) is 0 Å². The van der Waals surface area contributed by atoms with E-state index < -0.39 is 0 Å². The van der Waals surface area contributed by atoms with Crippen LogP contribution >= 0.6 is 0 Å². The van der Waals surface area contributed by atoms with Gasteiger partial charge in [0.15, 0.2) is 0 Å². The Bertz CT molecular complexity index is 1610. The Kier molecular flexibility index (Phi) is 9.68. The third-order valence-electron chi connectivity index (χ3n) is 10.5. The molecule has 0 bridgehead atoms. The van der Waals surface area contributed by atoms with Crippen molar-refractivity contribution in [1.29, 1.82) is 0 Å². The number of benzene rings is 5. The molecule has 0 saturated carbocycles. The Morgan fingerprint density at radius 3 is 1.18 bits per heavy atom. The van der Waals surface area contributed by atoms with Gasteiger partial charge in [-0.1, -0.05) is 129 Å². The summed E-state index contributed by atoms with van der Waals surface area (Å²) in [6, 6.07) is 43.7. The predicted molar refractivity (Wildman–Crippen MR) is 196 cm³/mol. The first-order valence-corrected chi connectivity index (χ1v) is 16.9. The highest BCUT2D eigenvalue weighted by Crippen LogP contribution is 2.44. The number of rotatable bonds is 11. The van der Waals surface area contributed by atoms with E-state index in [1.165, 1.54) is 61.6 Å². The molecule has 0 atom stereocenters. The normalized spacial score (nSPS) is 11.9. The van der Waals surface area contributed by atoms with Gasteiger partial charge in [0.1, 0.15) is 0 Å². The minimum absolute atomic E-state index is 0.00374. The van der Waals surface area contributed by atoms with Crippen LogP contribution in [0.5, 0.6) is 0 Å². The molecule has 0 radical (unpaired) electrons. The Labute approximate surface area is 273 Å². The number of hydrogen-bond donors (Lipinski definition) is 0. The van der Waals surface area contributed by atoms with Crippen LogP contribution in [0.3, 0.4) is 0 Å². The molecule has 0 heterocycles. The highest BCUT2D eigenvalue weighted by molar-refractivity contribution is 5.79. The van der Waals surface area contributed by atoms with Crippen molar-refractivity contribution >= 4 is 17.1 Å². The average Bonchev–Trinajstić information content (AvgIpc) is 3.05. The van der Waals surface area contributed by atoms with E-state index in [1.807, 2.05) is 0 Å². The first-order chi connectivity index (χ1) is 21.7. The molecule has 45 heavy (non-hydrogen) atoms. The van der Waals surface area contributed by atoms with Gasteiger partial charge in [0.25, 0.3) is 0 Å². The van der Waals surface area contributed by atoms with Crippen molar-refractivity contribution < 1.29 is 0 Å². The molecule has 0 unspecified atom stereocenters. The fraction of sp³-hybridized carbons (Fsp3) is 0.318. The van der Waals surface area contributed by atoms with Crippen LogP contribution in [0.1, 0.15) is 97.9 Å². The molecular formula is C44H51N. The lowest BCUT2D eigenvalue weighted by Gasteiger charge is -2.35. The van der Waals surface area contributed by atoms with Gasteiger partial charge in [0.05, 0.1) is 0 Å². The molecule has 1 nitrogen and oxygen atoms in total. The van der Waals surface area contributed by atoms with Crippen LogP contribution in [0.25, 0.3) is 0 Å². The Hall–Kier alpha value is -4.10. The largest absolute Gasteiger partial charge is 0.310 e. The minimum Gasteiger partial charge on any atom is -0.310 e. The zero-order chi connectivity index (χ0) is 32.2. The van der Waals surface area contributed by atoms with Gasteiger partial charge in [-0.3, -0.25) is 0 Å². The molecule has 0 aliphatic carbocycles. The van der Waals surface area contributed by atoms with E-state index in [1.54, 1.807) is 0 Å². The van der Waals surface area contributed by atoms with Gasteiger partial charge in [-0.15, -0.1) is 0 Å². The fourth-order valence-corrected chi connectivity index (χ4v) is 7.69. The zero-order valence-corrected chi connectivity index (χ0v) is 28.7. The summed E-state index contributed by atoms with van der Waals surface area (Å²) in [5, 5.41) is 0. The summed E-state index contributed by atoms with van der Waals surface area (Å²) in [7, 11) is 0. The second kappa shape index (κ2) is 13.5. The summed E-state index contributed by atoms with van der Waals surface area (Å²) in [5.74, 6) is 0. The fourth-order valence-electron chi connectivity index (χ4n) is 7.69. The molecule has 5 aromatic rings. The molecule has 5 aromatic carbocycles. The first-order valence-electron chi connectivity index (χ1n) is 16.9. The molecule has 0 aliphatic rings. The topological polar surface area (TPSA) is 3.24 Å². The third kappa shape index (κ3) is 6.10. The van der Waals surface area contributed by atoms with E-state index >= 15 is 0 Å². The maximum absolute atomic E-state index is 2.43. The number of nitrogens with zero attached hydrogens (tertiary/aromatic N) is 1. The van der Waals surface area contributed by atoms with Crippen molar-refractivity contribution in [2.75, 3.05) is 4.90 Å². The zero-order valence-electron chi connectivity index (χ0n) is 28.7. The summed E-state index contributed by atoms with van der Waals surface area (Å²) in [4.78, 5) is 2.43. The number of anilines is 3. The Balaban J connectivity index is 1.60. The first kappa shape index (κ1) is 32.3. The van der Waals surface area contributed by atoms with Gasteiger partial charge in [0, 0.05) is 27.9 Å². The lowest BCUT2D eigenvalue weighted by atomic mass is 9.70. The molecule has 0 aliphatic heterocycles. The average molecular weight is 594 g/mol. The van der Waals surface area contributed by atoms with E-state index in [2.05, 4.69) is 176 Å². The van der Waals surface area contributed by atoms with E-state index in [0.717, 1.165) is 25.7 Å². The van der Waals surface area contributed by atoms with Crippen molar-refractivity contribution in [1.82, 2.24) is 0 Å². The highest BCUT2D eigenvalue weighted by Gasteiger charge is 2.32. The van der Waals surface area contributed by atoms with Gasteiger partial charge >= 0.3 is 0 Å². The van der Waals surface area contributed by atoms with Gasteiger partial charge in [-0.2, -0.15) is 0 Å². The number of aryl methyl sites for hydroxylation is 4. The van der Waals surface area contributed by atoms with Crippen molar-refractivity contribution in [2.45, 2.75) is 91.9 Å². The summed E-state index contributed by atoms with van der Waals surface area (Å²) < 4.78 is 0. The molecular weight excluding hydrogens is 542 g/mol. The van der Waals surface area contributed by atoms with E-state index in [4.69, 9.17) is 0 Å². The monoisotopic (exact) mass is 593 g/mol. The maximum atomic E-state index is 2.43. The van der Waals surface area contributed by atoms with Crippen LogP contribution in [0.4, 0.5) is 17.1 Å². The molecule has 0 aromatic heterocycles. The van der Waals surface area contributed by atoms with Crippen molar-refractivity contribution in [2.24, 2.45) is 0 Å². The van der Waals surface area contributed by atoms with E-state index in [-0.39, 0.29) is 10.8 Å². The van der Waals surface area contributed by atoms with Crippen LogP contribution in [0.15, 0.2) is 115 Å². The van der Waals surface area contributed by atoms with Crippen LogP contribution in [-0.4, -0.2) is 0 Å². The van der Waals surface area contributed by atoms with Gasteiger partial charge < -0.3 is 4.90 Å². The minimum atomic E-state index is -0.00374. The third-order valence-corrected chi connectivity index (χ3v) is 10.5. The molecule has 0 amide bonds. The second-order valence-corrected chi connectivity index (χ2v) is 13.0. The van der Waals surface area contributed by atoms with Crippen LogP contribution in [0, 0.1) is 27.7 Å². The molecule has 0 spiro atoms. The molecule has 232 valence electrons. The lowest BCUT2D eigenvalue weighted by molar-refractivity contribution is 0.478. The smallest absolute Gasteiger partial charge is 0.0490 e. The van der Waals surface area contributed by atoms with E-state index in [9.17, 15) is 0 Å². The molecule has 0 saturated heterocycles. The Morgan fingerprint density at radius 1 is 0.422 bits per heavy atom. The van der Waals surface area contributed by atoms with Crippen molar-refractivity contribution in [3.63, 3.8) is 0 Å². The second-order valence-electron chi connectivity index (χ2n) is 13.0. The summed E-state index contributed by atoms with van der Waals surface area (Å²) in [5.41, 5.74) is 14.3. The van der Waals surface area contributed by atoms with Crippen molar-refractivity contribution in [3.8, 4) is 0 Å². The summed E-state index contributed by atoms with van der Waals surface area (Å²) in [6.07, 6.45) is 4.25. The summed E-state index contributed by atoms with van der Waals surface area (Å²) >= 11 is 0. The quantitative estimate of drug-likeness (QED) is 0.147. The standard InChI is InChI=1S/C44H51N/c1-9-43(10-2,38-17-13-15-32(5)30-38)36-20-24-40(25-21-36)45(42-28-19-34(7)29-35(42)8)41-26-22-37(23-27-41)44(11-3,12-4)39-18-14-16-33(6)31-39/h13-31H,9-12H2,1-8H3. The molecule has 0 N–H and O–H groups in total. The Morgan fingerprint density at radius 2 is 0.822 bits per heavy atom. The van der Waals surface area contributed by atoms with Crippen LogP contribution in [-0.2, 0) is 10.8 Å². The highest BCUT2D eigenvalue weighted by atomic mass is 15.1. The molecule has 5 rings (SSSR count). The lowest BCUT2D eigenvalue weighted by Crippen LogP contribution is -2.26. The SMILES string of the molecule is CCC(CC)(c1ccc(N(c2ccc(C(CC)(CC)c3cccc(C)c3)cc2)c2ccc(C)cc2C)cc1)c1cccc(C)c1. The molecule has 1 heteroatoms. The van der Waals surface area contributed by atoms with Crippen molar-refractivity contribution in [3.05, 3.63) is 160 Å². The van der Waals surface area contributed by atoms with Crippen LogP contribution in [0.2, 0.25) is 0 Å². The van der Waals surface area contributed by atoms with Crippen LogP contribution < -0.4 is 4.90 Å². The summed E-state index contributed by atoms with van der Waals surface area (Å²) in [6.45, 7) is 18.1. The number of hydrogen-bond acceptors (Lipinski definition) is 1. The van der Waals surface area contributed by atoms with E-state index in [0.29, 0.717) is 0 Å². The van der Waals surface area contributed by atoms with Gasteiger partial charge in [-0.05, 0) is 112 Å². The van der Waals surface area contributed by atoms with Gasteiger partial charge in [0.2, 0.25) is 0 Å². The maximum Gasteiger partial charge on any atom is 0.0490 e.